The molecule has 0 unspecified atom stereocenters. The first-order valence-corrected chi connectivity index (χ1v) is 7.82. The molecule has 2 heterocycles. The molecule has 0 saturated carbocycles. The lowest BCUT2D eigenvalue weighted by atomic mass is 10.1. The number of rotatable bonds is 6. The highest BCUT2D eigenvalue weighted by Gasteiger charge is 2.36. The minimum Gasteiger partial charge on any atom is -0.354 e. The van der Waals surface area contributed by atoms with Crippen LogP contribution in [0.3, 0.4) is 0 Å². The monoisotopic (exact) mass is 340 g/mol. The van der Waals surface area contributed by atoms with Crippen LogP contribution in [0.15, 0.2) is 47.4 Å². The van der Waals surface area contributed by atoms with Crippen molar-refractivity contribution >= 4 is 17.7 Å². The molecule has 3 rings (SSSR count). The van der Waals surface area contributed by atoms with Crippen molar-refractivity contribution in [1.29, 1.82) is 0 Å². The first kappa shape index (κ1) is 16.6. The van der Waals surface area contributed by atoms with Crippen molar-refractivity contribution in [3.8, 4) is 0 Å². The molecule has 1 aliphatic rings. The van der Waals surface area contributed by atoms with Crippen LogP contribution in [0.25, 0.3) is 0 Å². The predicted molar refractivity (Wildman–Crippen MR) is 87.9 cm³/mol. The fraction of sp³-hybridized carbons (Fsp3) is 0.235. The number of aromatic nitrogens is 2. The summed E-state index contributed by atoms with van der Waals surface area (Å²) in [5.74, 6) is -1.35. The average molecular weight is 340 g/mol. The molecule has 1 aromatic carbocycles. The highest BCUT2D eigenvalue weighted by atomic mass is 16.2. The van der Waals surface area contributed by atoms with E-state index >= 15 is 0 Å². The van der Waals surface area contributed by atoms with Crippen LogP contribution in [0.2, 0.25) is 0 Å². The van der Waals surface area contributed by atoms with Crippen LogP contribution < -0.4 is 10.9 Å². The van der Waals surface area contributed by atoms with Gasteiger partial charge in [0, 0.05) is 25.4 Å². The zero-order valence-corrected chi connectivity index (χ0v) is 13.3. The van der Waals surface area contributed by atoms with E-state index in [4.69, 9.17) is 0 Å². The molecule has 1 aromatic heterocycles. The largest absolute Gasteiger partial charge is 0.354 e. The van der Waals surface area contributed by atoms with Crippen LogP contribution in [0.1, 0.15) is 27.1 Å². The van der Waals surface area contributed by atoms with Gasteiger partial charge < -0.3 is 5.32 Å². The lowest BCUT2D eigenvalue weighted by molar-refractivity contribution is -0.121. The second-order valence-electron chi connectivity index (χ2n) is 5.53. The molecule has 0 fully saturated rings. The van der Waals surface area contributed by atoms with E-state index in [0.717, 1.165) is 4.90 Å². The number of imide groups is 1. The number of amides is 3. The number of nitrogens with one attached hydrogen (secondary N) is 1. The highest BCUT2D eigenvalue weighted by molar-refractivity contribution is 6.22. The quantitative estimate of drug-likeness (QED) is 0.591. The Labute approximate surface area is 143 Å². The van der Waals surface area contributed by atoms with Crippen molar-refractivity contribution in [1.82, 2.24) is 20.0 Å². The minimum absolute atomic E-state index is 0.208. The van der Waals surface area contributed by atoms with Gasteiger partial charge in [-0.25, -0.2) is 4.68 Å². The third-order valence-electron chi connectivity index (χ3n) is 3.83. The smallest absolute Gasteiger partial charge is 0.266 e. The molecule has 1 N–H and O–H groups in total. The van der Waals surface area contributed by atoms with E-state index in [1.807, 2.05) is 0 Å². The van der Waals surface area contributed by atoms with Crippen LogP contribution in [0.5, 0.6) is 0 Å². The van der Waals surface area contributed by atoms with Crippen molar-refractivity contribution < 1.29 is 14.4 Å². The van der Waals surface area contributed by atoms with Gasteiger partial charge in [0.05, 0.1) is 11.1 Å². The molecule has 0 spiro atoms. The Balaban J connectivity index is 1.49. The molecular formula is C17H16N4O4. The second-order valence-corrected chi connectivity index (χ2v) is 5.53. The van der Waals surface area contributed by atoms with Crippen LogP contribution >= 0.6 is 0 Å². The Morgan fingerprint density at radius 2 is 1.68 bits per heavy atom. The van der Waals surface area contributed by atoms with Gasteiger partial charge in [-0.2, -0.15) is 5.10 Å². The number of carbonyl (C=O) groups excluding carboxylic acids is 3. The van der Waals surface area contributed by atoms with Crippen molar-refractivity contribution in [2.45, 2.75) is 13.0 Å². The van der Waals surface area contributed by atoms with E-state index in [-0.39, 0.29) is 12.1 Å². The van der Waals surface area contributed by atoms with Crippen LogP contribution in [0.4, 0.5) is 0 Å². The third-order valence-corrected chi connectivity index (χ3v) is 3.83. The highest BCUT2D eigenvalue weighted by Crippen LogP contribution is 2.21. The summed E-state index contributed by atoms with van der Waals surface area (Å²) in [7, 11) is 0. The molecular weight excluding hydrogens is 324 g/mol. The average Bonchev–Trinajstić information content (AvgIpc) is 2.85. The van der Waals surface area contributed by atoms with Gasteiger partial charge in [-0.15, -0.1) is 0 Å². The van der Waals surface area contributed by atoms with Gasteiger partial charge in [-0.3, -0.25) is 24.1 Å². The lowest BCUT2D eigenvalue weighted by Crippen LogP contribution is -2.40. The van der Waals surface area contributed by atoms with Gasteiger partial charge in [-0.05, 0) is 24.6 Å². The molecule has 0 bridgehead atoms. The Bertz CT molecular complexity index is 855. The molecule has 128 valence electrons. The normalized spacial score (nSPS) is 13.0. The molecule has 0 atom stereocenters. The first-order valence-electron chi connectivity index (χ1n) is 7.82. The third kappa shape index (κ3) is 3.47. The van der Waals surface area contributed by atoms with E-state index in [1.54, 1.807) is 30.3 Å². The van der Waals surface area contributed by atoms with Crippen molar-refractivity contribution in [2.75, 3.05) is 13.1 Å². The SMILES string of the molecule is O=C(CN1C(=O)c2ccccc2C1=O)NCCCn1ncccc1=O. The van der Waals surface area contributed by atoms with Gasteiger partial charge in [0.25, 0.3) is 17.4 Å². The van der Waals surface area contributed by atoms with E-state index < -0.39 is 17.7 Å². The molecule has 0 radical (unpaired) electrons. The summed E-state index contributed by atoms with van der Waals surface area (Å²) in [6.45, 7) is 0.355. The van der Waals surface area contributed by atoms with E-state index in [2.05, 4.69) is 10.4 Å². The number of nitrogens with zero attached hydrogens (tertiary/aromatic N) is 3. The zero-order valence-electron chi connectivity index (χ0n) is 13.3. The Hall–Kier alpha value is -3.29. The number of hydrogen-bond acceptors (Lipinski definition) is 5. The Morgan fingerprint density at radius 1 is 1.00 bits per heavy atom. The van der Waals surface area contributed by atoms with E-state index in [1.165, 1.54) is 16.9 Å². The van der Waals surface area contributed by atoms with Crippen LogP contribution in [0, 0.1) is 0 Å². The number of fused-ring (bicyclic) bond motifs is 1. The van der Waals surface area contributed by atoms with Gasteiger partial charge in [0.2, 0.25) is 5.91 Å². The molecule has 0 saturated heterocycles. The molecule has 3 amide bonds. The summed E-state index contributed by atoms with van der Waals surface area (Å²) in [5, 5.41) is 6.55. The number of carbonyl (C=O) groups is 3. The lowest BCUT2D eigenvalue weighted by Gasteiger charge is -2.13. The first-order chi connectivity index (χ1) is 12.1. The van der Waals surface area contributed by atoms with Gasteiger partial charge in [0.15, 0.2) is 0 Å². The van der Waals surface area contributed by atoms with E-state index in [9.17, 15) is 19.2 Å². The molecule has 8 nitrogen and oxygen atoms in total. The standard InChI is InChI=1S/C17H16N4O4/c22-14(18-8-4-10-21-15(23)7-3-9-19-21)11-20-16(24)12-5-1-2-6-13(12)17(20)25/h1-3,5-7,9H,4,8,10-11H2,(H,18,22). The van der Waals surface area contributed by atoms with E-state index in [0.29, 0.717) is 30.6 Å². The van der Waals surface area contributed by atoms with Crippen molar-refractivity contribution in [3.05, 3.63) is 64.1 Å². The summed E-state index contributed by atoms with van der Waals surface area (Å²) in [6.07, 6.45) is 2.02. The molecule has 25 heavy (non-hydrogen) atoms. The fourth-order valence-electron chi connectivity index (χ4n) is 2.59. The number of aryl methyl sites for hydroxylation is 1. The number of hydrogen-bond donors (Lipinski definition) is 1. The Kier molecular flexibility index (Phi) is 4.69. The van der Waals surface area contributed by atoms with Gasteiger partial charge in [0.1, 0.15) is 6.54 Å². The summed E-state index contributed by atoms with van der Waals surface area (Å²) in [6, 6.07) is 9.45. The van der Waals surface area contributed by atoms with Crippen molar-refractivity contribution in [3.63, 3.8) is 0 Å². The van der Waals surface area contributed by atoms with Crippen LogP contribution in [-0.2, 0) is 11.3 Å². The van der Waals surface area contributed by atoms with Crippen LogP contribution in [-0.4, -0.2) is 45.5 Å². The predicted octanol–water partition coefficient (Wildman–Crippen LogP) is 0.0458. The summed E-state index contributed by atoms with van der Waals surface area (Å²) in [5.41, 5.74) is 0.421. The van der Waals surface area contributed by atoms with Gasteiger partial charge in [-0.1, -0.05) is 12.1 Å². The topological polar surface area (TPSA) is 101 Å². The summed E-state index contributed by atoms with van der Waals surface area (Å²) >= 11 is 0. The maximum atomic E-state index is 12.2. The second kappa shape index (κ2) is 7.08. The molecule has 0 aliphatic carbocycles. The molecule has 8 heteroatoms. The molecule has 1 aliphatic heterocycles. The maximum Gasteiger partial charge on any atom is 0.266 e. The fourth-order valence-corrected chi connectivity index (χ4v) is 2.59. The molecule has 2 aromatic rings. The summed E-state index contributed by atoms with van der Waals surface area (Å²) < 4.78 is 1.30. The maximum absolute atomic E-state index is 12.2. The zero-order chi connectivity index (χ0) is 17.8. The van der Waals surface area contributed by atoms with Crippen molar-refractivity contribution in [2.24, 2.45) is 0 Å². The minimum atomic E-state index is -0.462. The summed E-state index contributed by atoms with van der Waals surface area (Å²) in [4.78, 5) is 48.7. The van der Waals surface area contributed by atoms with Gasteiger partial charge >= 0.3 is 0 Å². The Morgan fingerprint density at radius 3 is 2.32 bits per heavy atom. The number of benzene rings is 1.